The van der Waals surface area contributed by atoms with E-state index in [2.05, 4.69) is 15.0 Å². The van der Waals surface area contributed by atoms with Gasteiger partial charge in [-0.15, -0.1) is 0 Å². The van der Waals surface area contributed by atoms with Crippen molar-refractivity contribution in [3.63, 3.8) is 0 Å². The van der Waals surface area contributed by atoms with Gasteiger partial charge in [0.1, 0.15) is 17.4 Å². The maximum atomic E-state index is 13.4. The predicted molar refractivity (Wildman–Crippen MR) is 145 cm³/mol. The molecule has 202 valence electrons. The number of sulfonamides is 1. The summed E-state index contributed by atoms with van der Waals surface area (Å²) in [7, 11) is -0.879. The van der Waals surface area contributed by atoms with E-state index in [4.69, 9.17) is 9.47 Å². The lowest BCUT2D eigenvalue weighted by Gasteiger charge is -2.36. The van der Waals surface area contributed by atoms with E-state index in [-0.39, 0.29) is 16.2 Å². The highest BCUT2D eigenvalue weighted by atomic mass is 32.2. The molecule has 3 aromatic rings. The highest BCUT2D eigenvalue weighted by Gasteiger charge is 2.32. The highest BCUT2D eigenvalue weighted by Crippen LogP contribution is 2.36. The number of methoxy groups -OCH3 is 1. The van der Waals surface area contributed by atoms with E-state index in [9.17, 15) is 18.3 Å². The van der Waals surface area contributed by atoms with Crippen LogP contribution in [0.25, 0.3) is 10.9 Å². The fourth-order valence-corrected chi connectivity index (χ4v) is 6.52. The molecule has 13 heteroatoms. The van der Waals surface area contributed by atoms with Crippen molar-refractivity contribution in [1.82, 2.24) is 14.9 Å². The smallest absolute Gasteiger partial charge is 0.281 e. The number of aliphatic imine (C=N–C) groups is 1. The standard InChI is InChI=1S/C25H29N5O6S2/c1-29(38(33,34)22-5-3-4-6-26-22)21-11-18(36-8-7-35-2)9-16-10-20(28-24(16)21)25-27-13-19(37-25)12-23(32)30-14-17(31)15-30/h3-6,9-11,17,19,28,31H,7-8,12-15H2,1-2H3. The molecule has 1 atom stereocenters. The number of amides is 1. The Labute approximate surface area is 224 Å². The molecule has 1 amide bonds. The van der Waals surface area contributed by atoms with Gasteiger partial charge in [0.15, 0.2) is 5.03 Å². The van der Waals surface area contributed by atoms with Crippen molar-refractivity contribution in [3.05, 3.63) is 48.3 Å². The number of thioether (sulfide) groups is 1. The first-order valence-corrected chi connectivity index (χ1v) is 14.4. The van der Waals surface area contributed by atoms with Crippen molar-refractivity contribution in [1.29, 1.82) is 0 Å². The molecule has 1 unspecified atom stereocenters. The number of nitrogens with zero attached hydrogens (tertiary/aromatic N) is 4. The van der Waals surface area contributed by atoms with E-state index in [0.29, 0.717) is 56.2 Å². The van der Waals surface area contributed by atoms with Crippen molar-refractivity contribution in [2.75, 3.05) is 51.3 Å². The third-order valence-electron chi connectivity index (χ3n) is 6.40. The molecule has 1 aromatic carbocycles. The van der Waals surface area contributed by atoms with Gasteiger partial charge in [-0.2, -0.15) is 8.42 Å². The van der Waals surface area contributed by atoms with E-state index in [1.807, 2.05) is 12.1 Å². The third-order valence-corrected chi connectivity index (χ3v) is 9.31. The van der Waals surface area contributed by atoms with Crippen LogP contribution in [0.5, 0.6) is 5.75 Å². The van der Waals surface area contributed by atoms with Crippen LogP contribution in [-0.4, -0.2) is 97.7 Å². The quantitative estimate of drug-likeness (QED) is 0.359. The second kappa shape index (κ2) is 10.9. The number of aliphatic hydroxyl groups is 1. The summed E-state index contributed by atoms with van der Waals surface area (Å²) in [6.07, 6.45) is 1.36. The van der Waals surface area contributed by atoms with E-state index in [1.165, 1.54) is 35.4 Å². The van der Waals surface area contributed by atoms with Crippen LogP contribution in [0.2, 0.25) is 0 Å². The lowest BCUT2D eigenvalue weighted by atomic mass is 10.1. The Hall–Kier alpha value is -3.13. The Bertz CT molecular complexity index is 1450. The Kier molecular flexibility index (Phi) is 7.61. The summed E-state index contributed by atoms with van der Waals surface area (Å²) in [6, 6.07) is 10.2. The van der Waals surface area contributed by atoms with Crippen molar-refractivity contribution < 1.29 is 27.8 Å². The van der Waals surface area contributed by atoms with Gasteiger partial charge in [0.05, 0.1) is 36.2 Å². The number of aromatic amines is 1. The highest BCUT2D eigenvalue weighted by molar-refractivity contribution is 8.15. The average Bonchev–Trinajstić information content (AvgIpc) is 3.53. The molecule has 0 bridgehead atoms. The topological polar surface area (TPSA) is 137 Å². The number of carbonyl (C=O) groups excluding carboxylic acids is 1. The summed E-state index contributed by atoms with van der Waals surface area (Å²) >= 11 is 1.52. The normalized spacial score (nSPS) is 17.9. The molecule has 11 nitrogen and oxygen atoms in total. The van der Waals surface area contributed by atoms with E-state index < -0.39 is 16.1 Å². The summed E-state index contributed by atoms with van der Waals surface area (Å²) in [5, 5.41) is 10.9. The largest absolute Gasteiger partial charge is 0.491 e. The molecule has 2 aliphatic rings. The summed E-state index contributed by atoms with van der Waals surface area (Å²) < 4.78 is 38.8. The van der Waals surface area contributed by atoms with Gasteiger partial charge in [0.2, 0.25) is 5.91 Å². The van der Waals surface area contributed by atoms with Gasteiger partial charge in [0, 0.05) is 56.6 Å². The molecular formula is C25H29N5O6S2. The molecule has 0 spiro atoms. The van der Waals surface area contributed by atoms with Gasteiger partial charge < -0.3 is 24.5 Å². The molecule has 0 radical (unpaired) electrons. The molecule has 1 fully saturated rings. The van der Waals surface area contributed by atoms with E-state index >= 15 is 0 Å². The van der Waals surface area contributed by atoms with Crippen molar-refractivity contribution in [3.8, 4) is 5.75 Å². The zero-order valence-corrected chi connectivity index (χ0v) is 22.7. The number of fused-ring (bicyclic) bond motifs is 1. The number of hydrogen-bond acceptors (Lipinski definition) is 9. The molecule has 4 heterocycles. The van der Waals surface area contributed by atoms with Crippen molar-refractivity contribution in [2.24, 2.45) is 4.99 Å². The lowest BCUT2D eigenvalue weighted by Crippen LogP contribution is -2.53. The molecule has 38 heavy (non-hydrogen) atoms. The van der Waals surface area contributed by atoms with Crippen LogP contribution in [0.3, 0.4) is 0 Å². The van der Waals surface area contributed by atoms with Gasteiger partial charge in [-0.25, -0.2) is 4.98 Å². The number of anilines is 1. The van der Waals surface area contributed by atoms with Crippen LogP contribution in [-0.2, 0) is 19.6 Å². The average molecular weight is 560 g/mol. The number of pyridine rings is 1. The molecule has 2 aromatic heterocycles. The number of nitrogens with one attached hydrogen (secondary N) is 1. The van der Waals surface area contributed by atoms with Gasteiger partial charge in [-0.1, -0.05) is 17.8 Å². The zero-order valence-electron chi connectivity index (χ0n) is 21.0. The second-order valence-electron chi connectivity index (χ2n) is 9.11. The van der Waals surface area contributed by atoms with Gasteiger partial charge in [-0.3, -0.25) is 14.1 Å². The summed E-state index contributed by atoms with van der Waals surface area (Å²) in [6.45, 7) is 1.97. The number of benzene rings is 1. The van der Waals surface area contributed by atoms with Gasteiger partial charge in [0.25, 0.3) is 10.0 Å². The maximum Gasteiger partial charge on any atom is 0.281 e. The molecule has 0 aliphatic carbocycles. The summed E-state index contributed by atoms with van der Waals surface area (Å²) in [5.41, 5.74) is 1.75. The number of aromatic nitrogens is 2. The number of aliphatic hydroxyl groups excluding tert-OH is 1. The second-order valence-corrected chi connectivity index (χ2v) is 12.3. The zero-order chi connectivity index (χ0) is 26.9. The first-order chi connectivity index (χ1) is 18.3. The molecule has 2 N–H and O–H groups in total. The van der Waals surface area contributed by atoms with Crippen LogP contribution in [0.15, 0.2) is 52.6 Å². The molecular weight excluding hydrogens is 530 g/mol. The summed E-state index contributed by atoms with van der Waals surface area (Å²) in [5.74, 6) is 0.516. The number of hydrogen-bond donors (Lipinski definition) is 2. The molecule has 1 saturated heterocycles. The van der Waals surface area contributed by atoms with E-state index in [0.717, 1.165) is 16.1 Å². The number of β-amino-alcohol motifs (C(OH)–C–C–N with tert-alkyl or cyclic N) is 1. The van der Waals surface area contributed by atoms with Gasteiger partial charge >= 0.3 is 0 Å². The van der Waals surface area contributed by atoms with Crippen molar-refractivity contribution >= 4 is 49.3 Å². The van der Waals surface area contributed by atoms with Crippen molar-refractivity contribution in [2.45, 2.75) is 22.8 Å². The fraction of sp³-hybridized carbons (Fsp3) is 0.400. The first kappa shape index (κ1) is 26.5. The SMILES string of the molecule is COCCOc1cc(N(C)S(=O)(=O)c2ccccn2)c2[nH]c(C3=NCC(CC(=O)N4CC(O)C4)S3)cc2c1. The number of likely N-dealkylation sites (tertiary alicyclic amines) is 1. The first-order valence-electron chi connectivity index (χ1n) is 12.1. The maximum absolute atomic E-state index is 13.4. The third kappa shape index (κ3) is 5.37. The Morgan fingerprint density at radius 3 is 2.79 bits per heavy atom. The Balaban J connectivity index is 1.42. The fourth-order valence-electron chi connectivity index (χ4n) is 4.31. The molecule has 5 rings (SSSR count). The number of ether oxygens (including phenoxy) is 2. The lowest BCUT2D eigenvalue weighted by molar-refractivity contribution is -0.141. The van der Waals surface area contributed by atoms with Crippen LogP contribution < -0.4 is 9.04 Å². The minimum atomic E-state index is -3.94. The number of H-pyrrole nitrogens is 1. The Morgan fingerprint density at radius 2 is 2.08 bits per heavy atom. The van der Waals surface area contributed by atoms with E-state index in [1.54, 1.807) is 30.2 Å². The van der Waals surface area contributed by atoms with Crippen LogP contribution in [0.4, 0.5) is 5.69 Å². The van der Waals surface area contributed by atoms with Crippen LogP contribution in [0.1, 0.15) is 12.1 Å². The minimum absolute atomic E-state index is 0.00118. The van der Waals surface area contributed by atoms with Crippen LogP contribution in [0, 0.1) is 0 Å². The van der Waals surface area contributed by atoms with Gasteiger partial charge in [-0.05, 0) is 24.3 Å². The Morgan fingerprint density at radius 1 is 1.26 bits per heavy atom. The predicted octanol–water partition coefficient (Wildman–Crippen LogP) is 1.87. The molecule has 0 saturated carbocycles. The van der Waals surface area contributed by atoms with Crippen LogP contribution >= 0.6 is 11.8 Å². The molecule has 2 aliphatic heterocycles. The number of carbonyl (C=O) groups is 1. The minimum Gasteiger partial charge on any atom is -0.491 e. The number of rotatable bonds is 10. The summed E-state index contributed by atoms with van der Waals surface area (Å²) in [4.78, 5) is 26.1. The monoisotopic (exact) mass is 559 g/mol.